The van der Waals surface area contributed by atoms with Gasteiger partial charge in [0.2, 0.25) is 0 Å². The highest BCUT2D eigenvalue weighted by molar-refractivity contribution is 4.98. The topological polar surface area (TPSA) is 9.23 Å². The summed E-state index contributed by atoms with van der Waals surface area (Å²) in [6.07, 6.45) is 18.8. The maximum atomic E-state index is 5.95. The SMILES string of the molecule is C#CC1CCCCC1OCCCCCCCC. The molecule has 1 rings (SSSR count). The van der Waals surface area contributed by atoms with Crippen LogP contribution in [0.4, 0.5) is 0 Å². The summed E-state index contributed by atoms with van der Waals surface area (Å²) in [4.78, 5) is 0. The first-order chi connectivity index (χ1) is 8.38. The van der Waals surface area contributed by atoms with Gasteiger partial charge in [-0.2, -0.15) is 0 Å². The maximum absolute atomic E-state index is 5.95. The molecule has 0 N–H and O–H groups in total. The van der Waals surface area contributed by atoms with Gasteiger partial charge in [-0.25, -0.2) is 0 Å². The Morgan fingerprint density at radius 3 is 2.53 bits per heavy atom. The van der Waals surface area contributed by atoms with Crippen molar-refractivity contribution in [3.8, 4) is 12.3 Å². The van der Waals surface area contributed by atoms with E-state index in [0.29, 0.717) is 12.0 Å². The van der Waals surface area contributed by atoms with Crippen LogP contribution in [0.15, 0.2) is 0 Å². The smallest absolute Gasteiger partial charge is 0.0712 e. The molecule has 2 unspecified atom stereocenters. The molecule has 1 saturated carbocycles. The molecule has 0 bridgehead atoms. The summed E-state index contributed by atoms with van der Waals surface area (Å²) in [6, 6.07) is 0. The Balaban J connectivity index is 1.99. The fraction of sp³-hybridized carbons (Fsp3) is 0.875. The summed E-state index contributed by atoms with van der Waals surface area (Å²) in [7, 11) is 0. The zero-order valence-electron chi connectivity index (χ0n) is 11.4. The van der Waals surface area contributed by atoms with E-state index < -0.39 is 0 Å². The molecule has 0 spiro atoms. The molecule has 98 valence electrons. The lowest BCUT2D eigenvalue weighted by Gasteiger charge is -2.27. The van der Waals surface area contributed by atoms with E-state index in [1.165, 1.54) is 57.8 Å². The molecule has 2 atom stereocenters. The highest BCUT2D eigenvalue weighted by Crippen LogP contribution is 2.26. The van der Waals surface area contributed by atoms with Gasteiger partial charge < -0.3 is 4.74 Å². The van der Waals surface area contributed by atoms with E-state index >= 15 is 0 Å². The number of rotatable bonds is 8. The van der Waals surface area contributed by atoms with Crippen molar-refractivity contribution in [1.29, 1.82) is 0 Å². The third-order valence-corrected chi connectivity index (χ3v) is 3.75. The van der Waals surface area contributed by atoms with Crippen LogP contribution < -0.4 is 0 Å². The van der Waals surface area contributed by atoms with Gasteiger partial charge in [0.15, 0.2) is 0 Å². The van der Waals surface area contributed by atoms with Crippen LogP contribution in [0.3, 0.4) is 0 Å². The van der Waals surface area contributed by atoms with Crippen LogP contribution in [0.25, 0.3) is 0 Å². The number of hydrogen-bond acceptors (Lipinski definition) is 1. The van der Waals surface area contributed by atoms with Crippen LogP contribution in [0.5, 0.6) is 0 Å². The molecule has 0 aliphatic heterocycles. The molecule has 0 heterocycles. The lowest BCUT2D eigenvalue weighted by Crippen LogP contribution is -2.27. The van der Waals surface area contributed by atoms with Crippen molar-refractivity contribution >= 4 is 0 Å². The average molecular weight is 236 g/mol. The molecule has 0 saturated heterocycles. The normalized spacial score (nSPS) is 24.5. The summed E-state index contributed by atoms with van der Waals surface area (Å²) in [5, 5.41) is 0. The Kier molecular flexibility index (Phi) is 8.18. The summed E-state index contributed by atoms with van der Waals surface area (Å²) in [5.41, 5.74) is 0. The zero-order valence-corrected chi connectivity index (χ0v) is 11.4. The Morgan fingerprint density at radius 2 is 1.76 bits per heavy atom. The molecule has 0 aromatic heterocycles. The molecule has 1 fully saturated rings. The number of hydrogen-bond donors (Lipinski definition) is 0. The second-order valence-corrected chi connectivity index (χ2v) is 5.23. The van der Waals surface area contributed by atoms with Gasteiger partial charge in [0.05, 0.1) is 6.10 Å². The first kappa shape index (κ1) is 14.6. The van der Waals surface area contributed by atoms with E-state index in [1.54, 1.807) is 0 Å². The van der Waals surface area contributed by atoms with E-state index in [9.17, 15) is 0 Å². The Bertz CT molecular complexity index is 216. The molecule has 0 radical (unpaired) electrons. The molecule has 1 nitrogen and oxygen atoms in total. The zero-order chi connectivity index (χ0) is 12.3. The molecule has 0 aromatic rings. The average Bonchev–Trinajstić information content (AvgIpc) is 2.38. The van der Waals surface area contributed by atoms with Crippen molar-refractivity contribution in [2.45, 2.75) is 77.2 Å². The predicted octanol–water partition coefficient (Wildman–Crippen LogP) is 4.56. The number of ether oxygens (including phenoxy) is 1. The first-order valence-electron chi connectivity index (χ1n) is 7.46. The van der Waals surface area contributed by atoms with E-state index in [4.69, 9.17) is 11.2 Å². The minimum Gasteiger partial charge on any atom is -0.377 e. The van der Waals surface area contributed by atoms with E-state index in [0.717, 1.165) is 13.0 Å². The third kappa shape index (κ3) is 6.13. The Hall–Kier alpha value is -0.480. The molecule has 1 aliphatic carbocycles. The van der Waals surface area contributed by atoms with Gasteiger partial charge in [-0.3, -0.25) is 0 Å². The minimum atomic E-state index is 0.351. The highest BCUT2D eigenvalue weighted by atomic mass is 16.5. The van der Waals surface area contributed by atoms with Gasteiger partial charge in [-0.15, -0.1) is 12.3 Å². The van der Waals surface area contributed by atoms with Crippen LogP contribution >= 0.6 is 0 Å². The molecule has 0 aromatic carbocycles. The van der Waals surface area contributed by atoms with E-state index in [2.05, 4.69) is 12.8 Å². The van der Waals surface area contributed by atoms with Crippen molar-refractivity contribution in [2.24, 2.45) is 5.92 Å². The van der Waals surface area contributed by atoms with Crippen molar-refractivity contribution in [2.75, 3.05) is 6.61 Å². The monoisotopic (exact) mass is 236 g/mol. The second-order valence-electron chi connectivity index (χ2n) is 5.23. The summed E-state index contributed by atoms with van der Waals surface area (Å²) < 4.78 is 5.95. The second kappa shape index (κ2) is 9.54. The van der Waals surface area contributed by atoms with Crippen LogP contribution in [0.2, 0.25) is 0 Å². The van der Waals surface area contributed by atoms with Gasteiger partial charge >= 0.3 is 0 Å². The van der Waals surface area contributed by atoms with E-state index in [1.807, 2.05) is 0 Å². The standard InChI is InChI=1S/C16H28O/c1-3-5-6-7-8-11-14-17-16-13-10-9-12-15(16)4-2/h2,15-16H,3,5-14H2,1H3. The molecular formula is C16H28O. The molecular weight excluding hydrogens is 208 g/mol. The van der Waals surface area contributed by atoms with Crippen molar-refractivity contribution in [1.82, 2.24) is 0 Å². The lowest BCUT2D eigenvalue weighted by molar-refractivity contribution is 0.00476. The highest BCUT2D eigenvalue weighted by Gasteiger charge is 2.23. The third-order valence-electron chi connectivity index (χ3n) is 3.75. The fourth-order valence-corrected chi connectivity index (χ4v) is 2.60. The van der Waals surface area contributed by atoms with Crippen LogP contribution in [0, 0.1) is 18.3 Å². The quantitative estimate of drug-likeness (QED) is 0.443. The van der Waals surface area contributed by atoms with Crippen molar-refractivity contribution in [3.05, 3.63) is 0 Å². The summed E-state index contributed by atoms with van der Waals surface area (Å²) >= 11 is 0. The van der Waals surface area contributed by atoms with Crippen molar-refractivity contribution < 1.29 is 4.74 Å². The Labute approximate surface area is 107 Å². The van der Waals surface area contributed by atoms with Gasteiger partial charge in [0.25, 0.3) is 0 Å². The van der Waals surface area contributed by atoms with Crippen LogP contribution in [0.1, 0.15) is 71.1 Å². The molecule has 1 heteroatoms. The summed E-state index contributed by atoms with van der Waals surface area (Å²) in [6.45, 7) is 3.17. The van der Waals surface area contributed by atoms with Gasteiger partial charge in [-0.05, 0) is 19.3 Å². The van der Waals surface area contributed by atoms with Gasteiger partial charge in [0, 0.05) is 12.5 Å². The predicted molar refractivity (Wildman–Crippen MR) is 73.9 cm³/mol. The minimum absolute atomic E-state index is 0.351. The maximum Gasteiger partial charge on any atom is 0.0712 e. The summed E-state index contributed by atoms with van der Waals surface area (Å²) in [5.74, 6) is 3.28. The largest absolute Gasteiger partial charge is 0.377 e. The van der Waals surface area contributed by atoms with Crippen LogP contribution in [-0.4, -0.2) is 12.7 Å². The van der Waals surface area contributed by atoms with E-state index in [-0.39, 0.29) is 0 Å². The van der Waals surface area contributed by atoms with Crippen LogP contribution in [-0.2, 0) is 4.74 Å². The number of unbranched alkanes of at least 4 members (excludes halogenated alkanes) is 5. The van der Waals surface area contributed by atoms with Gasteiger partial charge in [0.1, 0.15) is 0 Å². The number of terminal acetylenes is 1. The molecule has 17 heavy (non-hydrogen) atoms. The van der Waals surface area contributed by atoms with Crippen molar-refractivity contribution in [3.63, 3.8) is 0 Å². The Morgan fingerprint density at radius 1 is 1.06 bits per heavy atom. The molecule has 1 aliphatic rings. The first-order valence-corrected chi connectivity index (χ1v) is 7.46. The molecule has 0 amide bonds. The lowest BCUT2D eigenvalue weighted by atomic mass is 9.87. The fourth-order valence-electron chi connectivity index (χ4n) is 2.60. The van der Waals surface area contributed by atoms with Gasteiger partial charge in [-0.1, -0.05) is 51.9 Å².